The number of carbonyl (C=O) groups is 2. The van der Waals surface area contributed by atoms with Gasteiger partial charge in [0, 0.05) is 38.5 Å². The van der Waals surface area contributed by atoms with E-state index >= 15 is 0 Å². The molecular weight excluding hydrogens is 348 g/mol. The first-order valence-corrected chi connectivity index (χ1v) is 8.89. The summed E-state index contributed by atoms with van der Waals surface area (Å²) in [5, 5.41) is 2.73. The maximum atomic E-state index is 12.1. The Morgan fingerprint density at radius 2 is 1.89 bits per heavy atom. The molecule has 1 aromatic carbocycles. The van der Waals surface area contributed by atoms with Gasteiger partial charge in [-0.1, -0.05) is 30.3 Å². The number of hydrogen-bond donors (Lipinski definition) is 1. The molecule has 0 saturated carbocycles. The lowest BCUT2D eigenvalue weighted by atomic mass is 10.1. The zero-order chi connectivity index (χ0) is 19.1. The molecule has 0 atom stereocenters. The maximum Gasteiger partial charge on any atom is 0.258 e. The summed E-state index contributed by atoms with van der Waals surface area (Å²) in [6.07, 6.45) is 2.30. The first-order chi connectivity index (χ1) is 13.1. The molecule has 1 aliphatic rings. The zero-order valence-corrected chi connectivity index (χ0v) is 15.0. The number of rotatable bonds is 7. The van der Waals surface area contributed by atoms with Gasteiger partial charge in [0.1, 0.15) is 17.8 Å². The Balaban J connectivity index is 1.47. The van der Waals surface area contributed by atoms with Crippen LogP contribution in [0.5, 0.6) is 5.75 Å². The highest BCUT2D eigenvalue weighted by molar-refractivity contribution is 5.79. The minimum atomic E-state index is -0.333. The first-order valence-electron chi connectivity index (χ1n) is 8.89. The van der Waals surface area contributed by atoms with Crippen LogP contribution in [0.4, 0.5) is 0 Å². The topological polar surface area (TPSA) is 88.8 Å². The van der Waals surface area contributed by atoms with Crippen molar-refractivity contribution in [1.82, 2.24) is 10.2 Å². The molecule has 142 valence electrons. The van der Waals surface area contributed by atoms with E-state index in [4.69, 9.17) is 9.15 Å². The molecule has 7 nitrogen and oxygen atoms in total. The maximum absolute atomic E-state index is 12.1. The predicted octanol–water partition coefficient (Wildman–Crippen LogP) is 1.50. The van der Waals surface area contributed by atoms with Crippen molar-refractivity contribution in [3.8, 4) is 5.75 Å². The number of likely N-dealkylation sites (tertiary alicyclic amines) is 1. The summed E-state index contributed by atoms with van der Waals surface area (Å²) in [7, 11) is 0. The lowest BCUT2D eigenvalue weighted by molar-refractivity contribution is -0.123. The molecule has 1 aromatic heterocycles. The zero-order valence-electron chi connectivity index (χ0n) is 15.0. The van der Waals surface area contributed by atoms with Crippen LogP contribution in [0.1, 0.15) is 24.2 Å². The molecule has 3 rings (SSSR count). The van der Waals surface area contributed by atoms with Crippen molar-refractivity contribution in [1.29, 1.82) is 0 Å². The molecule has 2 aromatic rings. The molecule has 0 aliphatic carbocycles. The van der Waals surface area contributed by atoms with Crippen LogP contribution in [0.3, 0.4) is 0 Å². The van der Waals surface area contributed by atoms with Gasteiger partial charge >= 0.3 is 0 Å². The second-order valence-electron chi connectivity index (χ2n) is 6.44. The Kier molecular flexibility index (Phi) is 6.38. The molecule has 1 fully saturated rings. The second-order valence-corrected chi connectivity index (χ2v) is 6.44. The van der Waals surface area contributed by atoms with Crippen molar-refractivity contribution >= 4 is 11.7 Å². The third-order valence-corrected chi connectivity index (χ3v) is 4.34. The molecule has 0 unspecified atom stereocenters. The summed E-state index contributed by atoms with van der Waals surface area (Å²) in [5.74, 6) is 0.458. The van der Waals surface area contributed by atoms with E-state index in [1.165, 1.54) is 12.3 Å². The van der Waals surface area contributed by atoms with Gasteiger partial charge in [-0.25, -0.2) is 0 Å². The number of carbonyl (C=O) groups excluding carboxylic acids is 2. The van der Waals surface area contributed by atoms with Gasteiger partial charge in [-0.05, 0) is 5.56 Å². The van der Waals surface area contributed by atoms with Crippen molar-refractivity contribution in [2.24, 2.45) is 0 Å². The first kappa shape index (κ1) is 18.8. The summed E-state index contributed by atoms with van der Waals surface area (Å²) < 4.78 is 10.7. The average molecular weight is 370 g/mol. The molecule has 0 radical (unpaired) electrons. The van der Waals surface area contributed by atoms with Crippen LogP contribution in [0, 0.1) is 0 Å². The van der Waals surface area contributed by atoms with E-state index in [2.05, 4.69) is 10.2 Å². The summed E-state index contributed by atoms with van der Waals surface area (Å²) in [6, 6.07) is 10.9. The molecule has 1 N–H and O–H groups in total. The normalized spacial score (nSPS) is 14.7. The SMILES string of the molecule is O=C1CCN(Cc2cc(=O)c(OCC(=O)NCc3ccccc3)co2)CC1. The van der Waals surface area contributed by atoms with Crippen LogP contribution < -0.4 is 15.5 Å². The van der Waals surface area contributed by atoms with Gasteiger partial charge in [0.25, 0.3) is 5.91 Å². The highest BCUT2D eigenvalue weighted by atomic mass is 16.5. The van der Waals surface area contributed by atoms with Crippen LogP contribution >= 0.6 is 0 Å². The van der Waals surface area contributed by atoms with E-state index in [0.717, 1.165) is 5.56 Å². The highest BCUT2D eigenvalue weighted by Crippen LogP contribution is 2.12. The van der Waals surface area contributed by atoms with Gasteiger partial charge in [-0.3, -0.25) is 19.3 Å². The van der Waals surface area contributed by atoms with Crippen LogP contribution in [0.2, 0.25) is 0 Å². The number of nitrogens with zero attached hydrogens (tertiary/aromatic N) is 1. The summed E-state index contributed by atoms with van der Waals surface area (Å²) >= 11 is 0. The molecule has 7 heteroatoms. The van der Waals surface area contributed by atoms with Crippen molar-refractivity contribution in [3.63, 3.8) is 0 Å². The standard InChI is InChI=1S/C20H22N2O5/c23-16-6-8-22(9-7-16)12-17-10-18(24)19(13-26-17)27-14-20(25)21-11-15-4-2-1-3-5-15/h1-5,10,13H,6-9,11-12,14H2,(H,21,25). The number of benzene rings is 1. The molecule has 2 heterocycles. The Bertz CT molecular complexity index is 837. The van der Waals surface area contributed by atoms with Crippen LogP contribution in [0.15, 0.2) is 51.9 Å². The largest absolute Gasteiger partial charge is 0.477 e. The number of amides is 1. The molecule has 0 spiro atoms. The molecule has 1 aliphatic heterocycles. The van der Waals surface area contributed by atoms with Gasteiger partial charge < -0.3 is 14.5 Å². The fourth-order valence-corrected chi connectivity index (χ4v) is 2.80. The molecule has 1 amide bonds. The lowest BCUT2D eigenvalue weighted by Gasteiger charge is -2.24. The third-order valence-electron chi connectivity index (χ3n) is 4.34. The number of ether oxygens (including phenoxy) is 1. The van der Waals surface area contributed by atoms with E-state index in [9.17, 15) is 14.4 Å². The van der Waals surface area contributed by atoms with Crippen molar-refractivity contribution in [3.05, 3.63) is 64.2 Å². The Morgan fingerprint density at radius 3 is 2.59 bits per heavy atom. The van der Waals surface area contributed by atoms with Gasteiger partial charge in [0.15, 0.2) is 6.61 Å². The summed E-state index contributed by atoms with van der Waals surface area (Å²) in [5.41, 5.74) is 0.648. The number of nitrogens with one attached hydrogen (secondary N) is 1. The van der Waals surface area contributed by atoms with Crippen molar-refractivity contribution < 1.29 is 18.7 Å². The van der Waals surface area contributed by atoms with Crippen LogP contribution in [0.25, 0.3) is 0 Å². The van der Waals surface area contributed by atoms with Crippen LogP contribution in [-0.2, 0) is 22.7 Å². The van der Waals surface area contributed by atoms with Gasteiger partial charge in [-0.2, -0.15) is 0 Å². The van der Waals surface area contributed by atoms with E-state index in [0.29, 0.717) is 44.8 Å². The predicted molar refractivity (Wildman–Crippen MR) is 98.3 cm³/mol. The van der Waals surface area contributed by atoms with E-state index in [1.807, 2.05) is 30.3 Å². The Labute approximate surface area is 156 Å². The van der Waals surface area contributed by atoms with Gasteiger partial charge in [0.05, 0.1) is 6.54 Å². The van der Waals surface area contributed by atoms with Crippen LogP contribution in [-0.4, -0.2) is 36.3 Å². The number of piperidine rings is 1. The van der Waals surface area contributed by atoms with E-state index in [-0.39, 0.29) is 29.5 Å². The average Bonchev–Trinajstić information content (AvgIpc) is 2.68. The third kappa shape index (κ3) is 5.79. The number of ketones is 1. The van der Waals surface area contributed by atoms with Gasteiger partial charge in [0.2, 0.25) is 11.2 Å². The van der Waals surface area contributed by atoms with Crippen molar-refractivity contribution in [2.75, 3.05) is 19.7 Å². The molecule has 1 saturated heterocycles. The second kappa shape index (κ2) is 9.14. The fourth-order valence-electron chi connectivity index (χ4n) is 2.80. The van der Waals surface area contributed by atoms with E-state index in [1.54, 1.807) is 0 Å². The smallest absolute Gasteiger partial charge is 0.258 e. The lowest BCUT2D eigenvalue weighted by Crippen LogP contribution is -2.33. The monoisotopic (exact) mass is 370 g/mol. The molecule has 0 bridgehead atoms. The Morgan fingerprint density at radius 1 is 1.15 bits per heavy atom. The summed E-state index contributed by atoms with van der Waals surface area (Å²) in [6.45, 7) is 1.95. The van der Waals surface area contributed by atoms with Crippen molar-refractivity contribution in [2.45, 2.75) is 25.9 Å². The minimum Gasteiger partial charge on any atom is -0.477 e. The number of Topliss-reactive ketones (excluding diaryl/α,β-unsaturated/α-hetero) is 1. The minimum absolute atomic E-state index is 0.00225. The quantitative estimate of drug-likeness (QED) is 0.795. The molecular formula is C20H22N2O5. The fraction of sp³-hybridized carbons (Fsp3) is 0.350. The van der Waals surface area contributed by atoms with E-state index < -0.39 is 0 Å². The van der Waals surface area contributed by atoms with Gasteiger partial charge in [-0.15, -0.1) is 0 Å². The Hall–Kier alpha value is -2.93. The number of hydrogen-bond acceptors (Lipinski definition) is 6. The summed E-state index contributed by atoms with van der Waals surface area (Å²) in [4.78, 5) is 37.3. The highest BCUT2D eigenvalue weighted by Gasteiger charge is 2.17. The molecule has 27 heavy (non-hydrogen) atoms.